The second-order valence-corrected chi connectivity index (χ2v) is 7.90. The summed E-state index contributed by atoms with van der Waals surface area (Å²) >= 11 is 3.36. The van der Waals surface area contributed by atoms with E-state index >= 15 is 0 Å². The number of halogens is 1. The summed E-state index contributed by atoms with van der Waals surface area (Å²) < 4.78 is 16.9. The molecule has 4 aromatic rings. The van der Waals surface area contributed by atoms with Crippen LogP contribution in [0.2, 0.25) is 0 Å². The lowest BCUT2D eigenvalue weighted by molar-refractivity contribution is -0.385. The smallest absolute Gasteiger partial charge is 0.310 e. The van der Waals surface area contributed by atoms with Crippen molar-refractivity contribution in [2.45, 2.75) is 0 Å². The van der Waals surface area contributed by atoms with Gasteiger partial charge in [0.25, 0.3) is 5.91 Å². The molecule has 9 nitrogen and oxygen atoms in total. The monoisotopic (exact) mass is 524 g/mol. The van der Waals surface area contributed by atoms with Crippen molar-refractivity contribution in [2.75, 3.05) is 19.0 Å². The Kier molecular flexibility index (Phi) is 6.60. The normalized spacial score (nSPS) is 10.6. The SMILES string of the molecule is COc1ccc(C(=O)c2oc3ccccc3c2NC(=O)COc2ccccc2[N+](=O)[O-])cc1Br. The van der Waals surface area contributed by atoms with Crippen molar-refractivity contribution in [3.63, 3.8) is 0 Å². The summed E-state index contributed by atoms with van der Waals surface area (Å²) in [4.78, 5) is 36.5. The number of carbonyl (C=O) groups is 2. The van der Waals surface area contributed by atoms with Crippen LogP contribution in [0.4, 0.5) is 11.4 Å². The number of hydrogen-bond donors (Lipinski definition) is 1. The maximum Gasteiger partial charge on any atom is 0.310 e. The molecule has 0 atom stereocenters. The van der Waals surface area contributed by atoms with E-state index in [-0.39, 0.29) is 22.9 Å². The molecule has 4 rings (SSSR count). The van der Waals surface area contributed by atoms with E-state index in [9.17, 15) is 19.7 Å². The maximum atomic E-state index is 13.3. The molecule has 10 heteroatoms. The molecule has 34 heavy (non-hydrogen) atoms. The van der Waals surface area contributed by atoms with Gasteiger partial charge in [-0.2, -0.15) is 0 Å². The highest BCUT2D eigenvalue weighted by molar-refractivity contribution is 9.10. The molecule has 172 valence electrons. The van der Waals surface area contributed by atoms with E-state index in [1.54, 1.807) is 48.5 Å². The van der Waals surface area contributed by atoms with Crippen LogP contribution in [0, 0.1) is 10.1 Å². The fourth-order valence-electron chi connectivity index (χ4n) is 3.32. The fraction of sp³-hybridized carbons (Fsp3) is 0.0833. The Morgan fingerprint density at radius 2 is 1.79 bits per heavy atom. The van der Waals surface area contributed by atoms with Gasteiger partial charge in [-0.05, 0) is 52.3 Å². The molecule has 3 aromatic carbocycles. The van der Waals surface area contributed by atoms with Crippen LogP contribution in [0.15, 0.2) is 75.6 Å². The van der Waals surface area contributed by atoms with E-state index in [0.29, 0.717) is 26.8 Å². The molecule has 1 aromatic heterocycles. The minimum atomic E-state index is -0.616. The van der Waals surface area contributed by atoms with Crippen LogP contribution in [0.5, 0.6) is 11.5 Å². The van der Waals surface area contributed by atoms with E-state index in [0.717, 1.165) is 0 Å². The van der Waals surface area contributed by atoms with Crippen LogP contribution in [-0.4, -0.2) is 30.3 Å². The van der Waals surface area contributed by atoms with Gasteiger partial charge in [0.05, 0.1) is 22.2 Å². The fourth-order valence-corrected chi connectivity index (χ4v) is 3.86. The Bertz CT molecular complexity index is 1410. The number of furan rings is 1. The number of ketones is 1. The van der Waals surface area contributed by atoms with Gasteiger partial charge in [-0.3, -0.25) is 19.7 Å². The first-order valence-electron chi connectivity index (χ1n) is 9.95. The maximum absolute atomic E-state index is 13.3. The van der Waals surface area contributed by atoms with Crippen molar-refractivity contribution in [1.82, 2.24) is 0 Å². The molecule has 0 bridgehead atoms. The zero-order valence-electron chi connectivity index (χ0n) is 17.7. The summed E-state index contributed by atoms with van der Waals surface area (Å²) in [5.41, 5.74) is 0.653. The van der Waals surface area contributed by atoms with Crippen LogP contribution in [0.25, 0.3) is 11.0 Å². The number of hydrogen-bond acceptors (Lipinski definition) is 7. The molecule has 0 saturated heterocycles. The first kappa shape index (κ1) is 23.0. The number of anilines is 1. The quantitative estimate of drug-likeness (QED) is 0.187. The summed E-state index contributed by atoms with van der Waals surface area (Å²) in [7, 11) is 1.51. The summed E-state index contributed by atoms with van der Waals surface area (Å²) in [6.45, 7) is -0.508. The number of nitro groups is 1. The lowest BCUT2D eigenvalue weighted by atomic mass is 10.1. The van der Waals surface area contributed by atoms with E-state index in [2.05, 4.69) is 21.2 Å². The number of nitro benzene ring substituents is 1. The third kappa shape index (κ3) is 4.62. The number of benzene rings is 3. The van der Waals surface area contributed by atoms with Crippen LogP contribution in [0.3, 0.4) is 0 Å². The molecule has 0 aliphatic heterocycles. The van der Waals surface area contributed by atoms with Gasteiger partial charge in [-0.1, -0.05) is 24.3 Å². The Morgan fingerprint density at radius 3 is 2.53 bits per heavy atom. The molecule has 0 saturated carbocycles. The highest BCUT2D eigenvalue weighted by atomic mass is 79.9. The zero-order valence-corrected chi connectivity index (χ0v) is 19.3. The molecular weight excluding hydrogens is 508 g/mol. The molecule has 0 aliphatic carbocycles. The number of amides is 1. The van der Waals surface area contributed by atoms with Gasteiger partial charge in [-0.25, -0.2) is 0 Å². The summed E-state index contributed by atoms with van der Waals surface area (Å²) in [6.07, 6.45) is 0. The third-order valence-corrected chi connectivity index (χ3v) is 5.52. The standard InChI is InChI=1S/C24H17BrN2O7/c1-32-19-11-10-14(12-16(19)25)23(29)24-22(15-6-2-4-8-18(15)34-24)26-21(28)13-33-20-9-5-3-7-17(20)27(30)31/h2-12H,13H2,1H3,(H,26,28). The number of fused-ring (bicyclic) bond motifs is 1. The van der Waals surface area contributed by atoms with Crippen molar-refractivity contribution in [2.24, 2.45) is 0 Å². The lowest BCUT2D eigenvalue weighted by Crippen LogP contribution is -2.21. The van der Waals surface area contributed by atoms with Crippen molar-refractivity contribution in [1.29, 1.82) is 0 Å². The minimum Gasteiger partial charge on any atom is -0.496 e. The van der Waals surface area contributed by atoms with Gasteiger partial charge in [-0.15, -0.1) is 0 Å². The molecule has 0 radical (unpaired) electrons. The Morgan fingerprint density at radius 1 is 1.06 bits per heavy atom. The number of para-hydroxylation sites is 3. The molecule has 1 N–H and O–H groups in total. The topological polar surface area (TPSA) is 121 Å². The highest BCUT2D eigenvalue weighted by Crippen LogP contribution is 2.34. The first-order chi connectivity index (χ1) is 16.4. The molecule has 0 unspecified atom stereocenters. The summed E-state index contributed by atoms with van der Waals surface area (Å²) in [5, 5.41) is 14.3. The molecule has 0 aliphatic rings. The van der Waals surface area contributed by atoms with Crippen LogP contribution >= 0.6 is 15.9 Å². The second-order valence-electron chi connectivity index (χ2n) is 7.04. The van der Waals surface area contributed by atoms with E-state index in [4.69, 9.17) is 13.9 Å². The van der Waals surface area contributed by atoms with Gasteiger partial charge >= 0.3 is 5.69 Å². The average molecular weight is 525 g/mol. The molecule has 0 fully saturated rings. The molecule has 0 spiro atoms. The van der Waals surface area contributed by atoms with Crippen LogP contribution in [-0.2, 0) is 4.79 Å². The number of ether oxygens (including phenoxy) is 2. The highest BCUT2D eigenvalue weighted by Gasteiger charge is 2.24. The van der Waals surface area contributed by atoms with Crippen LogP contribution < -0.4 is 14.8 Å². The number of nitrogens with one attached hydrogen (secondary N) is 1. The van der Waals surface area contributed by atoms with Gasteiger partial charge < -0.3 is 19.2 Å². The Labute approximate surface area is 201 Å². The Balaban J connectivity index is 1.62. The zero-order chi connectivity index (χ0) is 24.2. The second kappa shape index (κ2) is 9.75. The van der Waals surface area contributed by atoms with E-state index in [1.807, 2.05) is 0 Å². The first-order valence-corrected chi connectivity index (χ1v) is 10.7. The van der Waals surface area contributed by atoms with Gasteiger partial charge in [0, 0.05) is 17.0 Å². The van der Waals surface area contributed by atoms with Crippen molar-refractivity contribution in [3.8, 4) is 11.5 Å². The van der Waals surface area contributed by atoms with E-state index < -0.39 is 23.2 Å². The summed E-state index contributed by atoms with van der Waals surface area (Å²) in [6, 6.07) is 17.4. The average Bonchev–Trinajstić information content (AvgIpc) is 3.20. The summed E-state index contributed by atoms with van der Waals surface area (Å²) in [5.74, 6) is -0.609. The minimum absolute atomic E-state index is 0.0425. The third-order valence-electron chi connectivity index (χ3n) is 4.90. The molecule has 1 amide bonds. The van der Waals surface area contributed by atoms with Gasteiger partial charge in [0.1, 0.15) is 11.3 Å². The van der Waals surface area contributed by atoms with Crippen molar-refractivity contribution in [3.05, 3.63) is 92.6 Å². The molecular formula is C24H17BrN2O7. The molecule has 1 heterocycles. The largest absolute Gasteiger partial charge is 0.496 e. The van der Waals surface area contributed by atoms with Crippen molar-refractivity contribution < 1.29 is 28.4 Å². The van der Waals surface area contributed by atoms with Gasteiger partial charge in [0.2, 0.25) is 5.78 Å². The number of nitrogens with zero attached hydrogens (tertiary/aromatic N) is 1. The van der Waals surface area contributed by atoms with E-state index in [1.165, 1.54) is 25.3 Å². The number of carbonyl (C=O) groups excluding carboxylic acids is 2. The van der Waals surface area contributed by atoms with Crippen molar-refractivity contribution >= 4 is 50.0 Å². The predicted octanol–water partition coefficient (Wildman–Crippen LogP) is 5.36. The number of rotatable bonds is 8. The van der Waals surface area contributed by atoms with Crippen LogP contribution in [0.1, 0.15) is 16.1 Å². The predicted molar refractivity (Wildman–Crippen MR) is 128 cm³/mol. The lowest BCUT2D eigenvalue weighted by Gasteiger charge is -2.09. The number of methoxy groups -OCH3 is 1. The Hall–Kier alpha value is -4.18. The van der Waals surface area contributed by atoms with Gasteiger partial charge in [0.15, 0.2) is 18.1 Å².